The van der Waals surface area contributed by atoms with Gasteiger partial charge in [-0.3, -0.25) is 4.98 Å². The molecule has 2 N–H and O–H groups in total. The first-order chi connectivity index (χ1) is 9.18. The van der Waals surface area contributed by atoms with E-state index in [0.29, 0.717) is 5.82 Å². The van der Waals surface area contributed by atoms with E-state index in [1.54, 1.807) is 6.20 Å². The van der Waals surface area contributed by atoms with Crippen molar-refractivity contribution in [3.05, 3.63) is 47.9 Å². The van der Waals surface area contributed by atoms with Gasteiger partial charge >= 0.3 is 0 Å². The van der Waals surface area contributed by atoms with Crippen LogP contribution in [0.1, 0.15) is 11.1 Å². The van der Waals surface area contributed by atoms with Gasteiger partial charge in [0, 0.05) is 22.7 Å². The number of nitrogens with zero attached hydrogens (tertiary/aromatic N) is 3. The average Bonchev–Trinajstić information content (AvgIpc) is 2.43. The molecule has 19 heavy (non-hydrogen) atoms. The summed E-state index contributed by atoms with van der Waals surface area (Å²) in [5.41, 5.74) is 10.8. The number of hydrogen-bond acceptors (Lipinski definition) is 4. The van der Waals surface area contributed by atoms with Crippen LogP contribution in [0.15, 0.2) is 36.8 Å². The molecule has 4 nitrogen and oxygen atoms in total. The van der Waals surface area contributed by atoms with Gasteiger partial charge in [-0.05, 0) is 25.5 Å². The molecule has 0 aliphatic heterocycles. The topological polar surface area (TPSA) is 64.7 Å². The summed E-state index contributed by atoms with van der Waals surface area (Å²) in [4.78, 5) is 12.8. The van der Waals surface area contributed by atoms with Gasteiger partial charge < -0.3 is 5.73 Å². The summed E-state index contributed by atoms with van der Waals surface area (Å²) in [5, 5.41) is 1.13. The number of aromatic nitrogens is 3. The van der Waals surface area contributed by atoms with E-state index in [1.165, 1.54) is 6.33 Å². The van der Waals surface area contributed by atoms with Gasteiger partial charge in [0.1, 0.15) is 12.1 Å². The molecule has 0 spiro atoms. The maximum atomic E-state index is 5.85. The zero-order valence-electron chi connectivity index (χ0n) is 10.9. The Morgan fingerprint density at radius 2 is 1.79 bits per heavy atom. The lowest BCUT2D eigenvalue weighted by molar-refractivity contribution is 1.14. The predicted molar refractivity (Wildman–Crippen MR) is 76.7 cm³/mol. The summed E-state index contributed by atoms with van der Waals surface area (Å²) in [6.07, 6.45) is 3.31. The number of nitrogens with two attached hydrogens (primary N) is 1. The Balaban J connectivity index is 2.31. The number of rotatable bonds is 1. The van der Waals surface area contributed by atoms with Crippen molar-refractivity contribution in [2.45, 2.75) is 13.8 Å². The van der Waals surface area contributed by atoms with Crippen LogP contribution in [0.5, 0.6) is 0 Å². The van der Waals surface area contributed by atoms with Crippen molar-refractivity contribution in [3.8, 4) is 11.3 Å². The maximum absolute atomic E-state index is 5.85. The highest BCUT2D eigenvalue weighted by Gasteiger charge is 2.11. The molecule has 94 valence electrons. The summed E-state index contributed by atoms with van der Waals surface area (Å²) >= 11 is 0. The summed E-state index contributed by atoms with van der Waals surface area (Å²) in [7, 11) is 0. The fraction of sp³-hybridized carbons (Fsp3) is 0.133. The molecule has 3 rings (SSSR count). The first kappa shape index (κ1) is 11.6. The molecule has 4 heteroatoms. The molecule has 0 saturated carbocycles. The highest BCUT2D eigenvalue weighted by atomic mass is 14.9. The summed E-state index contributed by atoms with van der Waals surface area (Å²) in [5.74, 6) is 0.519. The fourth-order valence-corrected chi connectivity index (χ4v) is 2.28. The zero-order chi connectivity index (χ0) is 13.4. The van der Waals surface area contributed by atoms with Crippen LogP contribution in [0.4, 0.5) is 5.82 Å². The largest absolute Gasteiger partial charge is 0.383 e. The molecule has 0 saturated heterocycles. The van der Waals surface area contributed by atoms with Crippen molar-refractivity contribution in [1.29, 1.82) is 0 Å². The quantitative estimate of drug-likeness (QED) is 0.721. The van der Waals surface area contributed by atoms with Crippen molar-refractivity contribution in [3.63, 3.8) is 0 Å². The van der Waals surface area contributed by atoms with Crippen LogP contribution in [0.25, 0.3) is 22.2 Å². The standard InChI is InChI=1S/C15H14N4/c1-9-12(14-10(2)15(16)19-8-18-14)6-5-11-4-3-7-17-13(9)11/h3-8H,1-2H3,(H2,16,18,19). The Labute approximate surface area is 111 Å². The molecule has 0 fully saturated rings. The van der Waals surface area contributed by atoms with Gasteiger partial charge in [0.25, 0.3) is 0 Å². The summed E-state index contributed by atoms with van der Waals surface area (Å²) < 4.78 is 0. The molecular formula is C15H14N4. The Morgan fingerprint density at radius 3 is 2.63 bits per heavy atom. The first-order valence-corrected chi connectivity index (χ1v) is 6.10. The Hall–Kier alpha value is -2.49. The van der Waals surface area contributed by atoms with Crippen LogP contribution in [-0.2, 0) is 0 Å². The van der Waals surface area contributed by atoms with E-state index >= 15 is 0 Å². The van der Waals surface area contributed by atoms with Crippen LogP contribution < -0.4 is 5.73 Å². The van der Waals surface area contributed by atoms with Gasteiger partial charge in [-0.1, -0.05) is 18.2 Å². The number of benzene rings is 1. The van der Waals surface area contributed by atoms with E-state index < -0.39 is 0 Å². The van der Waals surface area contributed by atoms with Crippen LogP contribution in [-0.4, -0.2) is 15.0 Å². The second-order valence-electron chi connectivity index (χ2n) is 4.55. The van der Waals surface area contributed by atoms with E-state index in [4.69, 9.17) is 5.73 Å². The summed E-state index contributed by atoms with van der Waals surface area (Å²) in [6, 6.07) is 8.12. The molecule has 0 bridgehead atoms. The van der Waals surface area contributed by atoms with Gasteiger partial charge in [-0.25, -0.2) is 9.97 Å². The molecule has 2 heterocycles. The molecule has 0 amide bonds. The monoisotopic (exact) mass is 250 g/mol. The van der Waals surface area contributed by atoms with Crippen molar-refractivity contribution in [2.24, 2.45) is 0 Å². The van der Waals surface area contributed by atoms with E-state index in [0.717, 1.165) is 33.3 Å². The van der Waals surface area contributed by atoms with Crippen LogP contribution in [0.2, 0.25) is 0 Å². The van der Waals surface area contributed by atoms with Crippen molar-refractivity contribution >= 4 is 16.7 Å². The van der Waals surface area contributed by atoms with E-state index in [9.17, 15) is 0 Å². The molecule has 0 unspecified atom stereocenters. The number of fused-ring (bicyclic) bond motifs is 1. The second-order valence-corrected chi connectivity index (χ2v) is 4.55. The third kappa shape index (κ3) is 1.81. The molecule has 0 aliphatic rings. The Kier molecular flexibility index (Phi) is 2.63. The summed E-state index contributed by atoms with van der Waals surface area (Å²) in [6.45, 7) is 4.00. The van der Waals surface area contributed by atoms with E-state index in [-0.39, 0.29) is 0 Å². The molecule has 1 aromatic carbocycles. The lowest BCUT2D eigenvalue weighted by Crippen LogP contribution is -1.99. The van der Waals surface area contributed by atoms with E-state index in [2.05, 4.69) is 40.1 Å². The molecular weight excluding hydrogens is 236 g/mol. The lowest BCUT2D eigenvalue weighted by atomic mass is 9.99. The van der Waals surface area contributed by atoms with Crippen molar-refractivity contribution in [1.82, 2.24) is 15.0 Å². The number of aryl methyl sites for hydroxylation is 1. The molecule has 0 radical (unpaired) electrons. The maximum Gasteiger partial charge on any atom is 0.130 e. The van der Waals surface area contributed by atoms with E-state index in [1.807, 2.05) is 13.0 Å². The van der Waals surface area contributed by atoms with Gasteiger partial charge in [0.2, 0.25) is 0 Å². The molecule has 0 aliphatic carbocycles. The van der Waals surface area contributed by atoms with Crippen LogP contribution >= 0.6 is 0 Å². The minimum atomic E-state index is 0.519. The third-order valence-corrected chi connectivity index (χ3v) is 3.41. The van der Waals surface area contributed by atoms with Gasteiger partial charge in [-0.2, -0.15) is 0 Å². The number of hydrogen-bond donors (Lipinski definition) is 1. The third-order valence-electron chi connectivity index (χ3n) is 3.41. The van der Waals surface area contributed by atoms with Crippen LogP contribution in [0, 0.1) is 13.8 Å². The van der Waals surface area contributed by atoms with Crippen molar-refractivity contribution in [2.75, 3.05) is 5.73 Å². The number of nitrogen functional groups attached to an aromatic ring is 1. The second kappa shape index (κ2) is 4.31. The van der Waals surface area contributed by atoms with Crippen LogP contribution in [0.3, 0.4) is 0 Å². The highest BCUT2D eigenvalue weighted by molar-refractivity contribution is 5.88. The minimum absolute atomic E-state index is 0.519. The Bertz CT molecular complexity index is 765. The van der Waals surface area contributed by atoms with Gasteiger partial charge in [0.05, 0.1) is 11.2 Å². The predicted octanol–water partition coefficient (Wildman–Crippen LogP) is 2.89. The van der Waals surface area contributed by atoms with Gasteiger partial charge in [0.15, 0.2) is 0 Å². The molecule has 2 aromatic heterocycles. The molecule has 3 aromatic rings. The lowest BCUT2D eigenvalue weighted by Gasteiger charge is -2.11. The smallest absolute Gasteiger partial charge is 0.130 e. The minimum Gasteiger partial charge on any atom is -0.383 e. The Morgan fingerprint density at radius 1 is 0.947 bits per heavy atom. The molecule has 0 atom stereocenters. The number of anilines is 1. The first-order valence-electron chi connectivity index (χ1n) is 6.10. The van der Waals surface area contributed by atoms with Crippen molar-refractivity contribution < 1.29 is 0 Å². The number of pyridine rings is 1. The van der Waals surface area contributed by atoms with Gasteiger partial charge in [-0.15, -0.1) is 0 Å². The fourth-order valence-electron chi connectivity index (χ4n) is 2.28. The average molecular weight is 250 g/mol. The normalized spacial score (nSPS) is 10.8. The zero-order valence-corrected chi connectivity index (χ0v) is 10.9. The SMILES string of the molecule is Cc1c(N)ncnc1-c1ccc2cccnc2c1C. The highest BCUT2D eigenvalue weighted by Crippen LogP contribution is 2.30.